The molecule has 0 bridgehead atoms. The quantitative estimate of drug-likeness (QED) is 0.151. The highest BCUT2D eigenvalue weighted by Crippen LogP contribution is 2.40. The van der Waals surface area contributed by atoms with E-state index in [4.69, 9.17) is 25.8 Å². The maximum absolute atomic E-state index is 13.0. The largest absolute Gasteiger partial charge is 0.461 e. The normalized spacial score (nSPS) is 18.4. The molecule has 2 aliphatic rings. The summed E-state index contributed by atoms with van der Waals surface area (Å²) < 4.78 is 15.2. The molecule has 1 fully saturated rings. The molecule has 1 saturated heterocycles. The van der Waals surface area contributed by atoms with E-state index in [0.717, 1.165) is 16.0 Å². The lowest BCUT2D eigenvalue weighted by atomic mass is 10.0. The molecule has 3 amide bonds. The highest BCUT2D eigenvalue weighted by Gasteiger charge is 2.54. The van der Waals surface area contributed by atoms with Crippen LogP contribution in [0.5, 0.6) is 0 Å². The number of nitrogens with one attached hydrogen (secondary N) is 1. The Bertz CT molecular complexity index is 1090. The van der Waals surface area contributed by atoms with Gasteiger partial charge in [-0.1, -0.05) is 24.3 Å². The molecular weight excluding hydrogens is 526 g/mol. The molecule has 1 N–H and O–H groups in total. The molecule has 13 heteroatoms. The molecule has 11 nitrogen and oxygen atoms in total. The Kier molecular flexibility index (Phi) is 9.81. The van der Waals surface area contributed by atoms with Gasteiger partial charge in [-0.15, -0.1) is 23.4 Å². The maximum atomic E-state index is 13.0. The summed E-state index contributed by atoms with van der Waals surface area (Å²) in [6.07, 6.45) is -0.603. The van der Waals surface area contributed by atoms with Crippen LogP contribution >= 0.6 is 23.4 Å². The van der Waals surface area contributed by atoms with Crippen LogP contribution in [0.2, 0.25) is 0 Å². The summed E-state index contributed by atoms with van der Waals surface area (Å²) >= 11 is 7.12. The van der Waals surface area contributed by atoms with Crippen LogP contribution in [0.25, 0.3) is 0 Å². The number of hydrogen-bond acceptors (Lipinski definition) is 9. The molecule has 2 aliphatic heterocycles. The molecule has 2 atom stereocenters. The first kappa shape index (κ1) is 28.3. The van der Waals surface area contributed by atoms with E-state index in [-0.39, 0.29) is 37.0 Å². The number of hydrogen-bond donors (Lipinski definition) is 1. The van der Waals surface area contributed by atoms with E-state index < -0.39 is 42.1 Å². The molecule has 1 aromatic rings. The number of fused-ring (bicyclic) bond motifs is 1. The van der Waals surface area contributed by atoms with Gasteiger partial charge in [0.1, 0.15) is 23.7 Å². The van der Waals surface area contributed by atoms with Crippen molar-refractivity contribution in [3.8, 4) is 0 Å². The monoisotopic (exact) mass is 553 g/mol. The third kappa shape index (κ3) is 6.95. The molecule has 0 aromatic heterocycles. The zero-order valence-corrected chi connectivity index (χ0v) is 22.2. The first-order valence-electron chi connectivity index (χ1n) is 11.4. The van der Waals surface area contributed by atoms with Gasteiger partial charge >= 0.3 is 18.0 Å². The van der Waals surface area contributed by atoms with E-state index in [1.165, 1.54) is 30.6 Å². The van der Waals surface area contributed by atoms with Crippen molar-refractivity contribution in [3.63, 3.8) is 0 Å². The van der Waals surface area contributed by atoms with E-state index in [1.807, 2.05) is 12.1 Å². The number of benzene rings is 1. The molecule has 0 spiro atoms. The van der Waals surface area contributed by atoms with E-state index in [1.54, 1.807) is 19.1 Å². The van der Waals surface area contributed by atoms with Crippen molar-refractivity contribution in [2.24, 2.45) is 0 Å². The van der Waals surface area contributed by atoms with Crippen molar-refractivity contribution in [2.45, 2.75) is 37.6 Å². The average molecular weight is 554 g/mol. The number of esters is 2. The fraction of sp³-hybridized carbons (Fsp3) is 0.458. The third-order valence-electron chi connectivity index (χ3n) is 5.52. The Morgan fingerprint density at radius 1 is 1.14 bits per heavy atom. The summed E-state index contributed by atoms with van der Waals surface area (Å²) in [7, 11) is 1.39. The summed E-state index contributed by atoms with van der Waals surface area (Å²) in [5.41, 5.74) is 2.02. The third-order valence-corrected chi connectivity index (χ3v) is 7.17. The Labute approximate surface area is 223 Å². The second-order valence-electron chi connectivity index (χ2n) is 8.27. The van der Waals surface area contributed by atoms with Crippen LogP contribution in [0.4, 0.5) is 4.79 Å². The predicted octanol–water partition coefficient (Wildman–Crippen LogP) is 1.77. The highest BCUT2D eigenvalue weighted by atomic mass is 35.5. The molecule has 1 aromatic carbocycles. The van der Waals surface area contributed by atoms with Crippen LogP contribution in [0.1, 0.15) is 25.0 Å². The first-order valence-corrected chi connectivity index (χ1v) is 13.0. The molecule has 0 aliphatic carbocycles. The van der Waals surface area contributed by atoms with Gasteiger partial charge in [0.2, 0.25) is 5.91 Å². The van der Waals surface area contributed by atoms with Crippen LogP contribution in [-0.2, 0) is 45.7 Å². The number of thioether (sulfide) groups is 1. The van der Waals surface area contributed by atoms with Crippen LogP contribution in [0.3, 0.4) is 0 Å². The standard InChI is InChI=1S/C24H28ClN3O8S/c1-4-34-24(33)27(3)13-36-23(32)20-17(11-35-14(2)29)12-37-22-19(21(31)28(20)22)26-18(30)9-15-5-7-16(10-25)8-6-15/h5-8,19,22H,4,9-13H2,1-3H3,(H,26,30). The molecule has 2 heterocycles. The molecule has 2 unspecified atom stereocenters. The number of nitrogens with zero attached hydrogens (tertiary/aromatic N) is 2. The van der Waals surface area contributed by atoms with Crippen molar-refractivity contribution in [3.05, 3.63) is 46.7 Å². The van der Waals surface area contributed by atoms with Crippen molar-refractivity contribution in [1.29, 1.82) is 0 Å². The SMILES string of the molecule is CCOC(=O)N(C)COC(=O)C1=C(COC(C)=O)CSC2C(NC(=O)Cc3ccc(CCl)cc3)C(=O)N12. The number of amides is 3. The Balaban J connectivity index is 1.69. The molecule has 37 heavy (non-hydrogen) atoms. The smallest absolute Gasteiger partial charge is 0.412 e. The maximum Gasteiger partial charge on any atom is 0.412 e. The molecular formula is C24H28ClN3O8S. The number of halogens is 1. The zero-order chi connectivity index (χ0) is 27.1. The lowest BCUT2D eigenvalue weighted by Gasteiger charge is -2.49. The van der Waals surface area contributed by atoms with Crippen LogP contribution in [-0.4, -0.2) is 83.8 Å². The summed E-state index contributed by atoms with van der Waals surface area (Å²) in [5, 5.41) is 2.20. The number of alkyl halides is 1. The van der Waals surface area contributed by atoms with E-state index in [2.05, 4.69) is 5.32 Å². The lowest BCUT2D eigenvalue weighted by molar-refractivity contribution is -0.154. The minimum atomic E-state index is -0.860. The number of carbonyl (C=O) groups excluding carboxylic acids is 5. The first-order chi connectivity index (χ1) is 17.7. The predicted molar refractivity (Wildman–Crippen MR) is 134 cm³/mol. The number of rotatable bonds is 10. The van der Waals surface area contributed by atoms with Crippen LogP contribution in [0, 0.1) is 0 Å². The highest BCUT2D eigenvalue weighted by molar-refractivity contribution is 8.00. The second-order valence-corrected chi connectivity index (χ2v) is 9.64. The minimum Gasteiger partial charge on any atom is -0.461 e. The van der Waals surface area contributed by atoms with Crippen LogP contribution in [0.15, 0.2) is 35.5 Å². The van der Waals surface area contributed by atoms with E-state index >= 15 is 0 Å². The number of ether oxygens (including phenoxy) is 3. The van der Waals surface area contributed by atoms with Gasteiger partial charge in [-0.3, -0.25) is 24.2 Å². The Morgan fingerprint density at radius 3 is 2.43 bits per heavy atom. The Hall–Kier alpha value is -3.25. The fourth-order valence-corrected chi connectivity index (χ4v) is 5.14. The Morgan fingerprint density at radius 2 is 1.81 bits per heavy atom. The van der Waals surface area contributed by atoms with Gasteiger partial charge in [0.05, 0.1) is 13.0 Å². The van der Waals surface area contributed by atoms with Gasteiger partial charge in [-0.05, 0) is 18.1 Å². The van der Waals surface area contributed by atoms with Gasteiger partial charge in [0.15, 0.2) is 6.73 Å². The van der Waals surface area contributed by atoms with E-state index in [9.17, 15) is 24.0 Å². The van der Waals surface area contributed by atoms with Crippen molar-refractivity contribution < 1.29 is 38.2 Å². The van der Waals surface area contributed by atoms with Crippen molar-refractivity contribution >= 4 is 53.2 Å². The van der Waals surface area contributed by atoms with E-state index in [0.29, 0.717) is 11.5 Å². The van der Waals surface area contributed by atoms with Crippen molar-refractivity contribution in [2.75, 3.05) is 32.7 Å². The van der Waals surface area contributed by atoms with Crippen LogP contribution < -0.4 is 5.32 Å². The van der Waals surface area contributed by atoms with Gasteiger partial charge in [0, 0.05) is 31.2 Å². The minimum absolute atomic E-state index is 0.0607. The molecule has 0 radical (unpaired) electrons. The zero-order valence-electron chi connectivity index (χ0n) is 20.7. The summed E-state index contributed by atoms with van der Waals surface area (Å²) in [4.78, 5) is 64.1. The molecule has 200 valence electrons. The van der Waals surface area contributed by atoms with Gasteiger partial charge in [-0.2, -0.15) is 0 Å². The number of carbonyl (C=O) groups is 5. The summed E-state index contributed by atoms with van der Waals surface area (Å²) in [6.45, 7) is 2.42. The van der Waals surface area contributed by atoms with Gasteiger partial charge in [0.25, 0.3) is 5.91 Å². The van der Waals surface area contributed by atoms with Crippen molar-refractivity contribution in [1.82, 2.24) is 15.1 Å². The van der Waals surface area contributed by atoms with Gasteiger partial charge in [-0.25, -0.2) is 9.59 Å². The fourth-order valence-electron chi connectivity index (χ4n) is 3.64. The second kappa shape index (κ2) is 12.8. The molecule has 3 rings (SSSR count). The lowest BCUT2D eigenvalue weighted by Crippen LogP contribution is -2.70. The average Bonchev–Trinajstić information content (AvgIpc) is 2.88. The summed E-state index contributed by atoms with van der Waals surface area (Å²) in [5.74, 6) is -1.60. The summed E-state index contributed by atoms with van der Waals surface area (Å²) in [6, 6.07) is 6.42. The molecule has 0 saturated carbocycles. The topological polar surface area (TPSA) is 132 Å². The number of β-lactam (4-membered cyclic amide) rings is 1. The van der Waals surface area contributed by atoms with Gasteiger partial charge < -0.3 is 19.5 Å².